The van der Waals surface area contributed by atoms with Crippen LogP contribution in [0.3, 0.4) is 0 Å². The van der Waals surface area contributed by atoms with Crippen LogP contribution in [0.4, 0.5) is 4.39 Å². The predicted molar refractivity (Wildman–Crippen MR) is 134 cm³/mol. The lowest BCUT2D eigenvalue weighted by molar-refractivity contribution is 0.100. The van der Waals surface area contributed by atoms with Crippen LogP contribution in [0.1, 0.15) is 34.0 Å². The molecule has 0 radical (unpaired) electrons. The van der Waals surface area contributed by atoms with Crippen molar-refractivity contribution in [1.82, 2.24) is 0 Å². The zero-order chi connectivity index (χ0) is 22.4. The molecule has 1 aliphatic heterocycles. The number of rotatable bonds is 2. The van der Waals surface area contributed by atoms with E-state index in [4.69, 9.17) is 5.73 Å². The summed E-state index contributed by atoms with van der Waals surface area (Å²) in [7, 11) is -5.18. The molecule has 0 fully saturated rings. The van der Waals surface area contributed by atoms with Gasteiger partial charge in [-0.2, -0.15) is 0 Å². The van der Waals surface area contributed by atoms with Crippen LogP contribution >= 0.6 is 0 Å². The number of hydrogen-bond donors (Lipinski definition) is 1. The SMILES string of the molecule is CC1=Cc2c(-c3c(C(N)=O)cc4c(C)c3[Si](C)(C)[Si](C)(C)[Si]4(C)C)ccc(F)c2C1. The van der Waals surface area contributed by atoms with Crippen molar-refractivity contribution in [2.75, 3.05) is 0 Å². The van der Waals surface area contributed by atoms with Crippen LogP contribution in [-0.2, 0) is 6.42 Å². The van der Waals surface area contributed by atoms with Gasteiger partial charge in [-0.3, -0.25) is 4.79 Å². The minimum atomic E-state index is -1.87. The summed E-state index contributed by atoms with van der Waals surface area (Å²) in [6, 6.07) is 5.55. The Morgan fingerprint density at radius 1 is 1.03 bits per heavy atom. The van der Waals surface area contributed by atoms with Gasteiger partial charge in [-0.15, -0.1) is 0 Å². The van der Waals surface area contributed by atoms with E-state index in [0.29, 0.717) is 12.0 Å². The molecule has 1 heterocycles. The molecule has 2 N–H and O–H groups in total. The molecule has 0 atom stereocenters. The maximum absolute atomic E-state index is 14.6. The van der Waals surface area contributed by atoms with E-state index in [1.54, 1.807) is 6.07 Å². The van der Waals surface area contributed by atoms with Crippen LogP contribution in [0.5, 0.6) is 0 Å². The van der Waals surface area contributed by atoms with Gasteiger partial charge in [-0.05, 0) is 54.7 Å². The Morgan fingerprint density at radius 3 is 2.27 bits per heavy atom. The molecule has 30 heavy (non-hydrogen) atoms. The molecule has 2 nitrogen and oxygen atoms in total. The molecule has 2 aliphatic rings. The van der Waals surface area contributed by atoms with Crippen LogP contribution < -0.4 is 16.1 Å². The Labute approximate surface area is 182 Å². The molecule has 2 aromatic carbocycles. The average molecular weight is 454 g/mol. The zero-order valence-corrected chi connectivity index (χ0v) is 22.4. The number of halogens is 1. The van der Waals surface area contributed by atoms with E-state index in [2.05, 4.69) is 58.3 Å². The van der Waals surface area contributed by atoms with Gasteiger partial charge in [-0.1, -0.05) is 72.9 Å². The molecule has 1 amide bonds. The molecule has 0 aromatic heterocycles. The zero-order valence-electron chi connectivity index (χ0n) is 19.4. The highest BCUT2D eigenvalue weighted by Gasteiger charge is 2.59. The molecule has 2 bridgehead atoms. The first-order valence-electron chi connectivity index (χ1n) is 10.7. The largest absolute Gasteiger partial charge is 0.366 e. The number of hydrogen-bond acceptors (Lipinski definition) is 1. The highest BCUT2D eigenvalue weighted by atomic mass is 29.6. The smallest absolute Gasteiger partial charge is 0.249 e. The summed E-state index contributed by atoms with van der Waals surface area (Å²) < 4.78 is 14.6. The summed E-state index contributed by atoms with van der Waals surface area (Å²) in [5.41, 5.74) is 12.8. The van der Waals surface area contributed by atoms with E-state index < -0.39 is 22.3 Å². The summed E-state index contributed by atoms with van der Waals surface area (Å²) in [4.78, 5) is 12.7. The second-order valence-electron chi connectivity index (χ2n) is 10.7. The molecule has 4 rings (SSSR count). The van der Waals surface area contributed by atoms with E-state index in [9.17, 15) is 9.18 Å². The van der Waals surface area contributed by atoms with Gasteiger partial charge in [0.1, 0.15) is 5.82 Å². The number of nitrogens with two attached hydrogens (primary N) is 1. The molecule has 2 aromatic rings. The summed E-state index contributed by atoms with van der Waals surface area (Å²) in [6.45, 7) is 19.4. The number of fused-ring (bicyclic) bond motifs is 3. The Hall–Kier alpha value is -1.77. The van der Waals surface area contributed by atoms with Crippen LogP contribution in [0.25, 0.3) is 17.2 Å². The van der Waals surface area contributed by atoms with E-state index in [0.717, 1.165) is 27.8 Å². The van der Waals surface area contributed by atoms with Gasteiger partial charge in [0, 0.05) is 12.7 Å². The van der Waals surface area contributed by atoms with Gasteiger partial charge in [0.25, 0.3) is 0 Å². The van der Waals surface area contributed by atoms with Crippen molar-refractivity contribution in [3.63, 3.8) is 0 Å². The van der Waals surface area contributed by atoms with Crippen molar-refractivity contribution in [1.29, 1.82) is 0 Å². The van der Waals surface area contributed by atoms with Crippen LogP contribution in [-0.4, -0.2) is 28.2 Å². The fourth-order valence-electron chi connectivity index (χ4n) is 5.89. The van der Waals surface area contributed by atoms with E-state index >= 15 is 0 Å². The predicted octanol–water partition coefficient (Wildman–Crippen LogP) is 4.57. The molecule has 0 saturated heterocycles. The standard InChI is InChI=1S/C24H32FNOSi3/c1-14-11-17-16(9-10-20(25)18(17)12-14)22-19(24(26)27)13-21-15(2)23(22)29(5,6)30(7,8)28(21,3)4/h9-11,13H,12H2,1-8H3,(H2,26,27). The molecule has 6 heteroatoms. The van der Waals surface area contributed by atoms with Crippen molar-refractivity contribution in [3.8, 4) is 11.1 Å². The number of carbonyl (C=O) groups excluding carboxylic acids is 1. The van der Waals surface area contributed by atoms with Crippen LogP contribution in [0, 0.1) is 12.7 Å². The molecular formula is C24H32FNOSi3. The first kappa shape index (κ1) is 21.5. The first-order chi connectivity index (χ1) is 13.7. The van der Waals surface area contributed by atoms with Crippen molar-refractivity contribution in [2.45, 2.75) is 59.6 Å². The summed E-state index contributed by atoms with van der Waals surface area (Å²) in [5, 5.41) is 2.80. The summed E-state index contributed by atoms with van der Waals surface area (Å²) >= 11 is 0. The number of benzene rings is 2. The van der Waals surface area contributed by atoms with Gasteiger partial charge < -0.3 is 5.73 Å². The van der Waals surface area contributed by atoms with E-state index in [1.807, 2.05) is 13.0 Å². The number of primary amides is 1. The lowest BCUT2D eigenvalue weighted by atomic mass is 9.91. The van der Waals surface area contributed by atoms with Crippen molar-refractivity contribution < 1.29 is 9.18 Å². The third kappa shape index (κ3) is 2.53. The Morgan fingerprint density at radius 2 is 1.67 bits per heavy atom. The third-order valence-electron chi connectivity index (χ3n) is 8.69. The highest BCUT2D eigenvalue weighted by molar-refractivity contribution is 7.74. The first-order valence-corrected chi connectivity index (χ1v) is 21.7. The summed E-state index contributed by atoms with van der Waals surface area (Å²) in [5.74, 6) is -0.538. The maximum Gasteiger partial charge on any atom is 0.249 e. The van der Waals surface area contributed by atoms with Gasteiger partial charge in [0.05, 0.1) is 15.2 Å². The van der Waals surface area contributed by atoms with Gasteiger partial charge >= 0.3 is 0 Å². The minimum absolute atomic E-state index is 0.163. The monoisotopic (exact) mass is 453 g/mol. The second-order valence-corrected chi connectivity index (χ2v) is 38.0. The Balaban J connectivity index is 2.21. The van der Waals surface area contributed by atoms with Crippen LogP contribution in [0.2, 0.25) is 39.3 Å². The molecular weight excluding hydrogens is 422 g/mol. The van der Waals surface area contributed by atoms with Gasteiger partial charge in [-0.25, -0.2) is 4.39 Å². The highest BCUT2D eigenvalue weighted by Crippen LogP contribution is 2.41. The quantitative estimate of drug-likeness (QED) is 0.665. The topological polar surface area (TPSA) is 43.1 Å². The maximum atomic E-state index is 14.6. The van der Waals surface area contributed by atoms with Crippen molar-refractivity contribution in [3.05, 3.63) is 51.8 Å². The average Bonchev–Trinajstić information content (AvgIpc) is 3.02. The molecule has 0 saturated carbocycles. The van der Waals surface area contributed by atoms with E-state index in [1.165, 1.54) is 15.9 Å². The number of amides is 1. The fourth-order valence-corrected chi connectivity index (χ4v) is 39.1. The molecule has 1 aliphatic carbocycles. The summed E-state index contributed by atoms with van der Waals surface area (Å²) in [6.07, 6.45) is 2.72. The number of allylic oxidation sites excluding steroid dienone is 1. The lowest BCUT2D eigenvalue weighted by Crippen LogP contribution is -2.83. The molecule has 0 spiro atoms. The molecule has 158 valence electrons. The second kappa shape index (κ2) is 6.37. The minimum Gasteiger partial charge on any atom is -0.366 e. The third-order valence-corrected chi connectivity index (χ3v) is 50.2. The lowest BCUT2D eigenvalue weighted by Gasteiger charge is -2.55. The van der Waals surface area contributed by atoms with Gasteiger partial charge in [0.15, 0.2) is 0 Å². The molecule has 0 unspecified atom stereocenters. The fraction of sp³-hybridized carbons (Fsp3) is 0.375. The van der Waals surface area contributed by atoms with Gasteiger partial charge in [0.2, 0.25) is 5.91 Å². The Kier molecular flexibility index (Phi) is 4.56. The van der Waals surface area contributed by atoms with Crippen LogP contribution in [0.15, 0.2) is 23.8 Å². The normalized spacial score (nSPS) is 20.0. The van der Waals surface area contributed by atoms with Crippen molar-refractivity contribution >= 4 is 44.6 Å². The van der Waals surface area contributed by atoms with E-state index in [-0.39, 0.29) is 11.7 Å². The number of carbonyl (C=O) groups is 1. The Bertz CT molecular complexity index is 1160. The van der Waals surface area contributed by atoms with Crippen molar-refractivity contribution in [2.24, 2.45) is 5.73 Å².